The maximum atomic E-state index is 9.97. The zero-order valence-electron chi connectivity index (χ0n) is 10.9. The van der Waals surface area contributed by atoms with Crippen LogP contribution < -0.4 is 11.1 Å². The second-order valence-electron chi connectivity index (χ2n) is 5.92. The average molecular weight is 227 g/mol. The summed E-state index contributed by atoms with van der Waals surface area (Å²) >= 11 is 0. The maximum Gasteiger partial charge on any atom is 0.188 e. The first-order valence-corrected chi connectivity index (χ1v) is 6.01. The van der Waals surface area contributed by atoms with Crippen molar-refractivity contribution in [1.82, 2.24) is 5.32 Å². The molecule has 0 heterocycles. The molecular formula is C12H25N3O. The summed E-state index contributed by atoms with van der Waals surface area (Å²) in [6.45, 7) is 8.12. The van der Waals surface area contributed by atoms with E-state index in [9.17, 15) is 5.11 Å². The van der Waals surface area contributed by atoms with E-state index in [1.807, 2.05) is 13.8 Å². The van der Waals surface area contributed by atoms with E-state index in [4.69, 9.17) is 5.73 Å². The van der Waals surface area contributed by atoms with Crippen LogP contribution in [0.3, 0.4) is 0 Å². The number of hydrogen-bond acceptors (Lipinski definition) is 2. The van der Waals surface area contributed by atoms with Gasteiger partial charge in [-0.2, -0.15) is 0 Å². The van der Waals surface area contributed by atoms with Gasteiger partial charge < -0.3 is 16.2 Å². The summed E-state index contributed by atoms with van der Waals surface area (Å²) in [5, 5.41) is 13.2. The highest BCUT2D eigenvalue weighted by Crippen LogP contribution is 2.30. The van der Waals surface area contributed by atoms with Crippen LogP contribution in [-0.4, -0.2) is 29.3 Å². The Balaban J connectivity index is 2.44. The highest BCUT2D eigenvalue weighted by molar-refractivity contribution is 5.78. The van der Waals surface area contributed by atoms with Gasteiger partial charge in [0, 0.05) is 11.5 Å². The maximum absolute atomic E-state index is 9.97. The molecule has 1 fully saturated rings. The third-order valence-electron chi connectivity index (χ3n) is 3.76. The van der Waals surface area contributed by atoms with Gasteiger partial charge in [-0.05, 0) is 33.1 Å². The number of guanidine groups is 1. The van der Waals surface area contributed by atoms with Gasteiger partial charge in [0.15, 0.2) is 5.96 Å². The molecule has 1 rings (SSSR count). The Morgan fingerprint density at radius 3 is 2.31 bits per heavy atom. The van der Waals surface area contributed by atoms with Crippen LogP contribution in [0.2, 0.25) is 0 Å². The SMILES string of the molecule is CC(C)(O)C(C)(C)CN=C(N)NC1CCC1. The Morgan fingerprint density at radius 2 is 1.94 bits per heavy atom. The molecule has 0 saturated heterocycles. The Labute approximate surface area is 98.3 Å². The standard InChI is InChI=1S/C12H25N3O/c1-11(2,12(3,4)16)8-14-10(13)15-9-6-5-7-9/h9,16H,5-8H2,1-4H3,(H3,13,14,15). The molecule has 4 heteroatoms. The van der Waals surface area contributed by atoms with Crippen LogP contribution in [0.1, 0.15) is 47.0 Å². The van der Waals surface area contributed by atoms with E-state index in [-0.39, 0.29) is 5.41 Å². The van der Waals surface area contributed by atoms with Crippen LogP contribution in [0, 0.1) is 5.41 Å². The summed E-state index contributed by atoms with van der Waals surface area (Å²) < 4.78 is 0. The first-order chi connectivity index (χ1) is 7.22. The van der Waals surface area contributed by atoms with Gasteiger partial charge in [-0.3, -0.25) is 4.99 Å². The van der Waals surface area contributed by atoms with Crippen LogP contribution in [0.25, 0.3) is 0 Å². The minimum Gasteiger partial charge on any atom is -0.390 e. The van der Waals surface area contributed by atoms with Gasteiger partial charge in [-0.15, -0.1) is 0 Å². The Kier molecular flexibility index (Phi) is 3.84. The van der Waals surface area contributed by atoms with Crippen molar-refractivity contribution in [1.29, 1.82) is 0 Å². The smallest absolute Gasteiger partial charge is 0.188 e. The lowest BCUT2D eigenvalue weighted by Crippen LogP contribution is -2.45. The van der Waals surface area contributed by atoms with E-state index < -0.39 is 5.60 Å². The fraction of sp³-hybridized carbons (Fsp3) is 0.917. The molecule has 1 aliphatic carbocycles. The van der Waals surface area contributed by atoms with Gasteiger partial charge in [-0.25, -0.2) is 0 Å². The van der Waals surface area contributed by atoms with E-state index >= 15 is 0 Å². The second-order valence-corrected chi connectivity index (χ2v) is 5.92. The number of aliphatic imine (C=N–C) groups is 1. The van der Waals surface area contributed by atoms with Gasteiger partial charge in [-0.1, -0.05) is 13.8 Å². The topological polar surface area (TPSA) is 70.6 Å². The number of nitrogens with two attached hydrogens (primary N) is 1. The summed E-state index contributed by atoms with van der Waals surface area (Å²) in [6, 6.07) is 0.508. The minimum absolute atomic E-state index is 0.279. The molecular weight excluding hydrogens is 202 g/mol. The second kappa shape index (κ2) is 4.62. The molecule has 0 aliphatic heterocycles. The van der Waals surface area contributed by atoms with Crippen LogP contribution in [-0.2, 0) is 0 Å². The lowest BCUT2D eigenvalue weighted by molar-refractivity contribution is -0.0290. The fourth-order valence-corrected chi connectivity index (χ4v) is 1.28. The lowest BCUT2D eigenvalue weighted by Gasteiger charge is -2.36. The molecule has 0 aromatic rings. The van der Waals surface area contributed by atoms with Crippen molar-refractivity contribution in [2.24, 2.45) is 16.1 Å². The molecule has 16 heavy (non-hydrogen) atoms. The molecule has 1 saturated carbocycles. The molecule has 0 amide bonds. The summed E-state index contributed by atoms with van der Waals surface area (Å²) in [4.78, 5) is 4.31. The molecule has 0 bridgehead atoms. The van der Waals surface area contributed by atoms with E-state index in [0.29, 0.717) is 18.5 Å². The fourth-order valence-electron chi connectivity index (χ4n) is 1.28. The minimum atomic E-state index is -0.757. The van der Waals surface area contributed by atoms with Crippen molar-refractivity contribution in [3.8, 4) is 0 Å². The Hall–Kier alpha value is -0.770. The third kappa shape index (κ3) is 3.37. The monoisotopic (exact) mass is 227 g/mol. The molecule has 0 spiro atoms. The molecule has 0 radical (unpaired) electrons. The largest absolute Gasteiger partial charge is 0.390 e. The van der Waals surface area contributed by atoms with Crippen LogP contribution in [0.15, 0.2) is 4.99 Å². The first-order valence-electron chi connectivity index (χ1n) is 6.01. The molecule has 4 N–H and O–H groups in total. The van der Waals surface area contributed by atoms with Gasteiger partial charge in [0.05, 0.1) is 12.1 Å². The molecule has 0 aromatic carbocycles. The quantitative estimate of drug-likeness (QED) is 0.500. The number of aliphatic hydroxyl groups is 1. The van der Waals surface area contributed by atoms with Crippen molar-refractivity contribution in [3.63, 3.8) is 0 Å². The molecule has 0 atom stereocenters. The van der Waals surface area contributed by atoms with Crippen LogP contribution in [0.5, 0.6) is 0 Å². The highest BCUT2D eigenvalue weighted by atomic mass is 16.3. The predicted octanol–water partition coefficient (Wildman–Crippen LogP) is 1.24. The lowest BCUT2D eigenvalue weighted by atomic mass is 9.77. The van der Waals surface area contributed by atoms with Gasteiger partial charge in [0.2, 0.25) is 0 Å². The van der Waals surface area contributed by atoms with Crippen molar-refractivity contribution >= 4 is 5.96 Å². The van der Waals surface area contributed by atoms with Gasteiger partial charge >= 0.3 is 0 Å². The van der Waals surface area contributed by atoms with E-state index in [1.165, 1.54) is 19.3 Å². The van der Waals surface area contributed by atoms with Crippen molar-refractivity contribution in [3.05, 3.63) is 0 Å². The highest BCUT2D eigenvalue weighted by Gasteiger charge is 2.34. The van der Waals surface area contributed by atoms with Crippen LogP contribution in [0.4, 0.5) is 0 Å². The molecule has 0 aromatic heterocycles. The first kappa shape index (κ1) is 13.3. The summed E-state index contributed by atoms with van der Waals surface area (Å²) in [5.41, 5.74) is 4.76. The molecule has 1 aliphatic rings. The van der Waals surface area contributed by atoms with Crippen molar-refractivity contribution < 1.29 is 5.11 Å². The van der Waals surface area contributed by atoms with Crippen LogP contribution >= 0.6 is 0 Å². The Morgan fingerprint density at radius 1 is 1.38 bits per heavy atom. The molecule has 4 nitrogen and oxygen atoms in total. The summed E-state index contributed by atoms with van der Waals surface area (Å²) in [5.74, 6) is 0.502. The average Bonchev–Trinajstić information content (AvgIpc) is 2.06. The van der Waals surface area contributed by atoms with E-state index in [0.717, 1.165) is 0 Å². The zero-order valence-corrected chi connectivity index (χ0v) is 10.9. The van der Waals surface area contributed by atoms with Gasteiger partial charge in [0.1, 0.15) is 0 Å². The zero-order chi connectivity index (χ0) is 12.4. The Bertz CT molecular complexity index is 262. The summed E-state index contributed by atoms with van der Waals surface area (Å²) in [7, 11) is 0. The molecule has 94 valence electrons. The predicted molar refractivity (Wildman–Crippen MR) is 67.3 cm³/mol. The summed E-state index contributed by atoms with van der Waals surface area (Å²) in [6.07, 6.45) is 3.65. The third-order valence-corrected chi connectivity index (χ3v) is 3.76. The van der Waals surface area contributed by atoms with Gasteiger partial charge in [0.25, 0.3) is 0 Å². The number of nitrogens with one attached hydrogen (secondary N) is 1. The number of nitrogens with zero attached hydrogens (tertiary/aromatic N) is 1. The van der Waals surface area contributed by atoms with E-state index in [1.54, 1.807) is 13.8 Å². The number of rotatable bonds is 4. The molecule has 0 unspecified atom stereocenters. The van der Waals surface area contributed by atoms with Crippen molar-refractivity contribution in [2.75, 3.05) is 6.54 Å². The normalized spacial score (nSPS) is 19.4. The van der Waals surface area contributed by atoms with Crippen molar-refractivity contribution in [2.45, 2.75) is 58.6 Å². The van der Waals surface area contributed by atoms with E-state index in [2.05, 4.69) is 10.3 Å². The number of hydrogen-bond donors (Lipinski definition) is 3.